The van der Waals surface area contributed by atoms with Crippen molar-refractivity contribution < 1.29 is 14.3 Å². The molecule has 6 nitrogen and oxygen atoms in total. The fourth-order valence-electron chi connectivity index (χ4n) is 1.76. The molecule has 3 N–H and O–H groups in total. The number of aromatic nitrogens is 1. The minimum atomic E-state index is -0.571. The van der Waals surface area contributed by atoms with Crippen molar-refractivity contribution in [3.63, 3.8) is 0 Å². The summed E-state index contributed by atoms with van der Waals surface area (Å²) in [5, 5.41) is 5.26. The molecule has 1 aliphatic rings. The maximum Gasteiger partial charge on any atom is 0.270 e. The first-order valence-corrected chi connectivity index (χ1v) is 7.06. The van der Waals surface area contributed by atoms with E-state index in [9.17, 15) is 4.79 Å². The summed E-state index contributed by atoms with van der Waals surface area (Å²) >= 11 is 1.39. The Hall–Kier alpha value is -1.02. The highest BCUT2D eigenvalue weighted by molar-refractivity contribution is 7.09. The Kier molecular flexibility index (Phi) is 4.19. The van der Waals surface area contributed by atoms with Crippen LogP contribution in [0.25, 0.3) is 0 Å². The fraction of sp³-hybridized carbons (Fsp3) is 0.667. The SMILES string of the molecule is CC(N)c1nc(C(=O)NCC2COC(C)(C)O2)cs1. The Morgan fingerprint density at radius 3 is 3.00 bits per heavy atom. The van der Waals surface area contributed by atoms with Gasteiger partial charge in [0, 0.05) is 11.9 Å². The molecule has 0 saturated carbocycles. The van der Waals surface area contributed by atoms with Crippen molar-refractivity contribution in [2.24, 2.45) is 5.73 Å². The summed E-state index contributed by atoms with van der Waals surface area (Å²) in [6, 6.07) is -0.154. The van der Waals surface area contributed by atoms with Crippen LogP contribution in [-0.4, -0.2) is 35.9 Å². The number of thiazole rings is 1. The topological polar surface area (TPSA) is 86.5 Å². The second-order valence-electron chi connectivity index (χ2n) is 5.02. The normalized spacial score (nSPS) is 23.3. The predicted octanol–water partition coefficient (Wildman–Crippen LogP) is 1.04. The highest BCUT2D eigenvalue weighted by Gasteiger charge is 2.32. The van der Waals surface area contributed by atoms with E-state index < -0.39 is 5.79 Å². The average Bonchev–Trinajstić information content (AvgIpc) is 2.92. The lowest BCUT2D eigenvalue weighted by Crippen LogP contribution is -2.34. The number of hydrogen-bond acceptors (Lipinski definition) is 6. The van der Waals surface area contributed by atoms with Crippen LogP contribution in [0.15, 0.2) is 5.38 Å². The van der Waals surface area contributed by atoms with Crippen LogP contribution in [0.3, 0.4) is 0 Å². The Balaban J connectivity index is 1.84. The van der Waals surface area contributed by atoms with Crippen molar-refractivity contribution in [3.05, 3.63) is 16.1 Å². The van der Waals surface area contributed by atoms with Gasteiger partial charge in [-0.3, -0.25) is 4.79 Å². The van der Waals surface area contributed by atoms with Crippen LogP contribution in [-0.2, 0) is 9.47 Å². The first-order chi connectivity index (χ1) is 8.87. The van der Waals surface area contributed by atoms with Crippen LogP contribution in [0, 0.1) is 0 Å². The van der Waals surface area contributed by atoms with Gasteiger partial charge in [-0.2, -0.15) is 0 Å². The molecule has 2 heterocycles. The molecule has 7 heteroatoms. The smallest absolute Gasteiger partial charge is 0.270 e. The summed E-state index contributed by atoms with van der Waals surface area (Å²) in [6.45, 7) is 6.43. The van der Waals surface area contributed by atoms with E-state index >= 15 is 0 Å². The molecular weight excluding hydrogens is 266 g/mol. The van der Waals surface area contributed by atoms with Gasteiger partial charge in [0.15, 0.2) is 5.79 Å². The maximum atomic E-state index is 11.9. The molecule has 2 atom stereocenters. The fourth-order valence-corrected chi connectivity index (χ4v) is 2.52. The number of carbonyl (C=O) groups excluding carboxylic acids is 1. The minimum absolute atomic E-state index is 0.120. The van der Waals surface area contributed by atoms with Crippen LogP contribution >= 0.6 is 11.3 Å². The Bertz CT molecular complexity index is 459. The van der Waals surface area contributed by atoms with Gasteiger partial charge < -0.3 is 20.5 Å². The highest BCUT2D eigenvalue weighted by atomic mass is 32.1. The van der Waals surface area contributed by atoms with Gasteiger partial charge in [0.05, 0.1) is 12.6 Å². The molecule has 1 amide bonds. The molecule has 0 radical (unpaired) electrons. The zero-order chi connectivity index (χ0) is 14.0. The lowest BCUT2D eigenvalue weighted by molar-refractivity contribution is -0.137. The van der Waals surface area contributed by atoms with Gasteiger partial charge in [-0.1, -0.05) is 0 Å². The van der Waals surface area contributed by atoms with E-state index in [0.717, 1.165) is 5.01 Å². The Morgan fingerprint density at radius 2 is 2.47 bits per heavy atom. The van der Waals surface area contributed by atoms with Crippen molar-refractivity contribution in [3.8, 4) is 0 Å². The maximum absolute atomic E-state index is 11.9. The quantitative estimate of drug-likeness (QED) is 0.863. The van der Waals surface area contributed by atoms with Crippen LogP contribution in [0.5, 0.6) is 0 Å². The van der Waals surface area contributed by atoms with Crippen LogP contribution in [0.2, 0.25) is 0 Å². The molecule has 0 aromatic carbocycles. The van der Waals surface area contributed by atoms with Gasteiger partial charge in [0.1, 0.15) is 16.8 Å². The summed E-state index contributed by atoms with van der Waals surface area (Å²) in [6.07, 6.45) is -0.120. The van der Waals surface area contributed by atoms with E-state index in [4.69, 9.17) is 15.2 Å². The summed E-state index contributed by atoms with van der Waals surface area (Å²) < 4.78 is 11.0. The largest absolute Gasteiger partial charge is 0.348 e. The lowest BCUT2D eigenvalue weighted by Gasteiger charge is -2.17. The summed E-state index contributed by atoms with van der Waals surface area (Å²) in [5.74, 6) is -0.783. The number of nitrogens with two attached hydrogens (primary N) is 1. The van der Waals surface area contributed by atoms with Gasteiger partial charge in [-0.25, -0.2) is 4.98 Å². The van der Waals surface area contributed by atoms with Crippen LogP contribution < -0.4 is 11.1 Å². The van der Waals surface area contributed by atoms with Crippen molar-refractivity contribution >= 4 is 17.2 Å². The van der Waals surface area contributed by atoms with Crippen molar-refractivity contribution in [2.75, 3.05) is 13.2 Å². The molecule has 106 valence electrons. The van der Waals surface area contributed by atoms with E-state index in [1.807, 2.05) is 20.8 Å². The van der Waals surface area contributed by atoms with Gasteiger partial charge >= 0.3 is 0 Å². The van der Waals surface area contributed by atoms with E-state index in [0.29, 0.717) is 18.8 Å². The third kappa shape index (κ3) is 3.73. The molecule has 0 aliphatic carbocycles. The molecule has 1 saturated heterocycles. The Morgan fingerprint density at radius 1 is 1.74 bits per heavy atom. The number of ether oxygens (including phenoxy) is 2. The summed E-state index contributed by atoms with van der Waals surface area (Å²) in [5.41, 5.74) is 6.11. The highest BCUT2D eigenvalue weighted by Crippen LogP contribution is 2.21. The van der Waals surface area contributed by atoms with Crippen LogP contribution in [0.4, 0.5) is 0 Å². The predicted molar refractivity (Wildman–Crippen MR) is 72.0 cm³/mol. The molecule has 2 rings (SSSR count). The number of nitrogens with zero attached hydrogens (tertiary/aromatic N) is 1. The molecule has 0 bridgehead atoms. The van der Waals surface area contributed by atoms with Crippen molar-refractivity contribution in [1.29, 1.82) is 0 Å². The van der Waals surface area contributed by atoms with Gasteiger partial charge in [-0.15, -0.1) is 11.3 Å². The van der Waals surface area contributed by atoms with Crippen molar-refractivity contribution in [2.45, 2.75) is 38.7 Å². The minimum Gasteiger partial charge on any atom is -0.348 e. The third-order valence-electron chi connectivity index (χ3n) is 2.70. The number of carbonyl (C=O) groups is 1. The third-order valence-corrected chi connectivity index (χ3v) is 3.75. The number of amides is 1. The summed E-state index contributed by atoms with van der Waals surface area (Å²) in [4.78, 5) is 16.1. The second kappa shape index (κ2) is 5.54. The van der Waals surface area contributed by atoms with E-state index in [1.165, 1.54) is 11.3 Å². The molecule has 2 unspecified atom stereocenters. The zero-order valence-corrected chi connectivity index (χ0v) is 12.1. The zero-order valence-electron chi connectivity index (χ0n) is 11.3. The Labute approximate surface area is 116 Å². The summed E-state index contributed by atoms with van der Waals surface area (Å²) in [7, 11) is 0. The molecular formula is C12H19N3O3S. The molecule has 1 fully saturated rings. The van der Waals surface area contributed by atoms with Gasteiger partial charge in [-0.05, 0) is 20.8 Å². The van der Waals surface area contributed by atoms with Gasteiger partial charge in [0.25, 0.3) is 5.91 Å². The first kappa shape index (κ1) is 14.4. The monoisotopic (exact) mass is 285 g/mol. The standard InChI is InChI=1S/C12H19N3O3S/c1-7(13)11-15-9(6-19-11)10(16)14-4-8-5-17-12(2,3)18-8/h6-8H,4-5,13H2,1-3H3,(H,14,16). The molecule has 1 aromatic heterocycles. The van der Waals surface area contributed by atoms with E-state index in [2.05, 4.69) is 10.3 Å². The van der Waals surface area contributed by atoms with E-state index in [1.54, 1.807) is 5.38 Å². The van der Waals surface area contributed by atoms with E-state index in [-0.39, 0.29) is 18.1 Å². The average molecular weight is 285 g/mol. The molecule has 1 aromatic rings. The lowest BCUT2D eigenvalue weighted by atomic mass is 10.3. The second-order valence-corrected chi connectivity index (χ2v) is 5.91. The number of nitrogens with one attached hydrogen (secondary N) is 1. The van der Waals surface area contributed by atoms with Crippen molar-refractivity contribution in [1.82, 2.24) is 10.3 Å². The van der Waals surface area contributed by atoms with Gasteiger partial charge in [0.2, 0.25) is 0 Å². The molecule has 0 spiro atoms. The van der Waals surface area contributed by atoms with Crippen LogP contribution in [0.1, 0.15) is 42.3 Å². The molecule has 19 heavy (non-hydrogen) atoms. The molecule has 1 aliphatic heterocycles. The first-order valence-electron chi connectivity index (χ1n) is 6.18. The number of hydrogen-bond donors (Lipinski definition) is 2. The number of rotatable bonds is 4.